The Labute approximate surface area is 186 Å². The van der Waals surface area contributed by atoms with Gasteiger partial charge in [0.2, 0.25) is 0 Å². The summed E-state index contributed by atoms with van der Waals surface area (Å²) < 4.78 is 5.37. The van der Waals surface area contributed by atoms with Crippen molar-refractivity contribution >= 4 is 51.7 Å². The van der Waals surface area contributed by atoms with Crippen molar-refractivity contribution in [2.45, 2.75) is 31.9 Å². The van der Waals surface area contributed by atoms with Gasteiger partial charge < -0.3 is 10.1 Å². The number of thioether (sulfide) groups is 1. The van der Waals surface area contributed by atoms with Gasteiger partial charge in [0.25, 0.3) is 0 Å². The lowest BCUT2D eigenvalue weighted by atomic mass is 10.2. The van der Waals surface area contributed by atoms with Crippen LogP contribution in [0.4, 0.5) is 5.82 Å². The number of ether oxygens (including phenoxy) is 1. The summed E-state index contributed by atoms with van der Waals surface area (Å²) in [4.78, 5) is 9.48. The maximum absolute atomic E-state index is 6.25. The van der Waals surface area contributed by atoms with E-state index in [4.69, 9.17) is 37.9 Å². The minimum absolute atomic E-state index is 0.715. The van der Waals surface area contributed by atoms with E-state index < -0.39 is 0 Å². The highest BCUT2D eigenvalue weighted by Gasteiger charge is 2.10. The molecule has 1 aromatic heterocycles. The highest BCUT2D eigenvalue weighted by Crippen LogP contribution is 2.29. The minimum Gasteiger partial charge on any atom is -0.497 e. The van der Waals surface area contributed by atoms with Crippen LogP contribution in [-0.4, -0.2) is 29.4 Å². The first-order chi connectivity index (χ1) is 14.1. The number of benzene rings is 2. The number of hydrogen-bond acceptors (Lipinski definition) is 5. The van der Waals surface area contributed by atoms with Gasteiger partial charge in [-0.15, -0.1) is 0 Å². The summed E-state index contributed by atoms with van der Waals surface area (Å²) in [6.07, 6.45) is 3.08. The highest BCUT2D eigenvalue weighted by atomic mass is 35.5. The van der Waals surface area contributed by atoms with Gasteiger partial charge in [0.15, 0.2) is 0 Å². The Balaban J connectivity index is 1.67. The average molecular weight is 450 g/mol. The van der Waals surface area contributed by atoms with Crippen molar-refractivity contribution in [3.63, 3.8) is 0 Å². The maximum atomic E-state index is 6.25. The Hall–Kier alpha value is -1.69. The lowest BCUT2D eigenvalue weighted by Crippen LogP contribution is -2.09. The fourth-order valence-corrected chi connectivity index (χ4v) is 4.55. The predicted octanol–water partition coefficient (Wildman–Crippen LogP) is 6.63. The molecular formula is C22H25Cl2N3OS. The molecule has 0 spiro atoms. The molecule has 0 aliphatic rings. The first-order valence-corrected chi connectivity index (χ1v) is 11.6. The normalized spacial score (nSPS) is 11.0. The second kappa shape index (κ2) is 10.9. The summed E-state index contributed by atoms with van der Waals surface area (Å²) in [7, 11) is 1.67. The van der Waals surface area contributed by atoms with Crippen LogP contribution in [0.5, 0.6) is 5.75 Å². The summed E-state index contributed by atoms with van der Waals surface area (Å²) in [5, 5.41) is 5.88. The SMILES string of the molecule is CCCCc1nc(NCCSCc2c(Cl)cccc2Cl)c2cc(OC)ccc2n1. The first kappa shape index (κ1) is 22.0. The van der Waals surface area contributed by atoms with Crippen LogP contribution in [0.15, 0.2) is 36.4 Å². The molecule has 0 atom stereocenters. The van der Waals surface area contributed by atoms with Gasteiger partial charge >= 0.3 is 0 Å². The molecular weight excluding hydrogens is 425 g/mol. The summed E-state index contributed by atoms with van der Waals surface area (Å²) in [6.45, 7) is 2.96. The van der Waals surface area contributed by atoms with Crippen molar-refractivity contribution in [2.75, 3.05) is 24.7 Å². The average Bonchev–Trinajstić information content (AvgIpc) is 2.73. The Morgan fingerprint density at radius 1 is 1.10 bits per heavy atom. The molecule has 0 aliphatic heterocycles. The molecule has 3 rings (SSSR count). The van der Waals surface area contributed by atoms with Gasteiger partial charge in [-0.25, -0.2) is 9.97 Å². The van der Waals surface area contributed by atoms with Crippen LogP contribution in [0.2, 0.25) is 10.0 Å². The Morgan fingerprint density at radius 3 is 2.62 bits per heavy atom. The Bertz CT molecular complexity index is 948. The number of nitrogens with zero attached hydrogens (tertiary/aromatic N) is 2. The lowest BCUT2D eigenvalue weighted by Gasteiger charge is -2.12. The Kier molecular flexibility index (Phi) is 8.28. The number of methoxy groups -OCH3 is 1. The van der Waals surface area contributed by atoms with E-state index in [2.05, 4.69) is 12.2 Å². The molecule has 1 heterocycles. The smallest absolute Gasteiger partial charge is 0.137 e. The van der Waals surface area contributed by atoms with Crippen LogP contribution < -0.4 is 10.1 Å². The van der Waals surface area contributed by atoms with Crippen LogP contribution in [-0.2, 0) is 12.2 Å². The predicted molar refractivity (Wildman–Crippen MR) is 126 cm³/mol. The molecule has 0 unspecified atom stereocenters. The number of rotatable bonds is 10. The van der Waals surface area contributed by atoms with Gasteiger partial charge in [-0.1, -0.05) is 42.6 Å². The van der Waals surface area contributed by atoms with Crippen LogP contribution in [0, 0.1) is 0 Å². The van der Waals surface area contributed by atoms with Gasteiger partial charge in [0.05, 0.1) is 12.6 Å². The second-order valence-electron chi connectivity index (χ2n) is 6.65. The zero-order valence-corrected chi connectivity index (χ0v) is 19.0. The molecule has 7 heteroatoms. The molecule has 0 fully saturated rings. The number of aryl methyl sites for hydroxylation is 1. The summed E-state index contributed by atoms with van der Waals surface area (Å²) in [5.74, 6) is 4.22. The largest absolute Gasteiger partial charge is 0.497 e. The van der Waals surface area contributed by atoms with E-state index in [9.17, 15) is 0 Å². The summed E-state index contributed by atoms with van der Waals surface area (Å²) in [5.41, 5.74) is 1.92. The molecule has 29 heavy (non-hydrogen) atoms. The maximum Gasteiger partial charge on any atom is 0.137 e. The topological polar surface area (TPSA) is 47.0 Å². The van der Waals surface area contributed by atoms with E-state index in [1.54, 1.807) is 18.9 Å². The zero-order valence-electron chi connectivity index (χ0n) is 16.7. The fraction of sp³-hybridized carbons (Fsp3) is 0.364. The molecule has 2 aromatic carbocycles. The molecule has 4 nitrogen and oxygen atoms in total. The van der Waals surface area contributed by atoms with Crippen LogP contribution in [0.1, 0.15) is 31.2 Å². The van der Waals surface area contributed by atoms with Crippen molar-refractivity contribution < 1.29 is 4.74 Å². The number of hydrogen-bond donors (Lipinski definition) is 1. The third-order valence-corrected chi connectivity index (χ3v) is 6.24. The standard InChI is InChI=1S/C22H25Cl2N3OS/c1-3-4-8-21-26-20-10-9-15(28-2)13-16(20)22(27-21)25-11-12-29-14-17-18(23)6-5-7-19(17)24/h5-7,9-10,13H,3-4,8,11-12,14H2,1-2H3,(H,25,26,27). The highest BCUT2D eigenvalue weighted by molar-refractivity contribution is 7.98. The number of anilines is 1. The van der Waals surface area contributed by atoms with Crippen molar-refractivity contribution in [1.82, 2.24) is 9.97 Å². The molecule has 0 aliphatic carbocycles. The van der Waals surface area contributed by atoms with Gasteiger partial charge in [-0.05, 0) is 42.3 Å². The van der Waals surface area contributed by atoms with Gasteiger partial charge in [0.1, 0.15) is 17.4 Å². The molecule has 3 aromatic rings. The van der Waals surface area contributed by atoms with E-state index in [1.807, 2.05) is 36.4 Å². The fourth-order valence-electron chi connectivity index (χ4n) is 2.95. The van der Waals surface area contributed by atoms with Crippen LogP contribution in [0.25, 0.3) is 10.9 Å². The monoisotopic (exact) mass is 449 g/mol. The number of aromatic nitrogens is 2. The molecule has 154 valence electrons. The minimum atomic E-state index is 0.715. The zero-order chi connectivity index (χ0) is 20.6. The molecule has 0 bridgehead atoms. The lowest BCUT2D eigenvalue weighted by molar-refractivity contribution is 0.415. The molecule has 0 amide bonds. The van der Waals surface area contributed by atoms with E-state index in [0.717, 1.165) is 71.2 Å². The number of fused-ring (bicyclic) bond motifs is 1. The molecule has 0 saturated heterocycles. The van der Waals surface area contributed by atoms with Crippen molar-refractivity contribution in [2.24, 2.45) is 0 Å². The van der Waals surface area contributed by atoms with Gasteiger partial charge in [-0.2, -0.15) is 11.8 Å². The number of unbranched alkanes of at least 4 members (excludes halogenated alkanes) is 1. The quantitative estimate of drug-likeness (QED) is 0.351. The third kappa shape index (κ3) is 5.91. The second-order valence-corrected chi connectivity index (χ2v) is 8.57. The van der Waals surface area contributed by atoms with E-state index in [1.165, 1.54) is 0 Å². The van der Waals surface area contributed by atoms with Crippen LogP contribution in [0.3, 0.4) is 0 Å². The molecule has 0 saturated carbocycles. The van der Waals surface area contributed by atoms with Gasteiger partial charge in [-0.3, -0.25) is 0 Å². The number of halogens is 2. The first-order valence-electron chi connectivity index (χ1n) is 9.71. The van der Waals surface area contributed by atoms with E-state index in [-0.39, 0.29) is 0 Å². The summed E-state index contributed by atoms with van der Waals surface area (Å²) >= 11 is 14.3. The van der Waals surface area contributed by atoms with Crippen molar-refractivity contribution in [3.05, 3.63) is 57.8 Å². The van der Waals surface area contributed by atoms with Crippen molar-refractivity contribution in [3.8, 4) is 5.75 Å². The molecule has 0 radical (unpaired) electrons. The molecule has 1 N–H and O–H groups in total. The summed E-state index contributed by atoms with van der Waals surface area (Å²) in [6, 6.07) is 11.5. The van der Waals surface area contributed by atoms with Gasteiger partial charge in [0, 0.05) is 39.9 Å². The van der Waals surface area contributed by atoms with E-state index in [0.29, 0.717) is 10.0 Å². The number of nitrogens with one attached hydrogen (secondary N) is 1. The third-order valence-electron chi connectivity index (χ3n) is 4.55. The van der Waals surface area contributed by atoms with E-state index >= 15 is 0 Å². The van der Waals surface area contributed by atoms with Crippen LogP contribution >= 0.6 is 35.0 Å². The van der Waals surface area contributed by atoms with Crippen molar-refractivity contribution in [1.29, 1.82) is 0 Å². The Morgan fingerprint density at radius 2 is 1.90 bits per heavy atom.